The number of aryl methyl sites for hydroxylation is 2. The van der Waals surface area contributed by atoms with E-state index in [1.165, 1.54) is 5.56 Å². The lowest BCUT2D eigenvalue weighted by Crippen LogP contribution is -2.21. The summed E-state index contributed by atoms with van der Waals surface area (Å²) in [5, 5.41) is 0. The molecule has 0 N–H and O–H groups in total. The highest BCUT2D eigenvalue weighted by atomic mass is 16.7. The predicted octanol–water partition coefficient (Wildman–Crippen LogP) is 4.90. The third kappa shape index (κ3) is 3.24. The van der Waals surface area contributed by atoms with E-state index in [2.05, 4.69) is 32.0 Å². The summed E-state index contributed by atoms with van der Waals surface area (Å²) in [6, 6.07) is 12.3. The molecule has 0 aromatic heterocycles. The van der Waals surface area contributed by atoms with E-state index in [0.29, 0.717) is 11.3 Å². The van der Waals surface area contributed by atoms with Crippen LogP contribution < -0.4 is 4.74 Å². The van der Waals surface area contributed by atoms with Crippen LogP contribution in [0.2, 0.25) is 0 Å². The van der Waals surface area contributed by atoms with Crippen molar-refractivity contribution in [1.82, 2.24) is 0 Å². The molecule has 1 heterocycles. The van der Waals surface area contributed by atoms with Gasteiger partial charge in [0.1, 0.15) is 11.3 Å². The topological polar surface area (TPSA) is 35.5 Å². The van der Waals surface area contributed by atoms with Crippen molar-refractivity contribution in [3.8, 4) is 16.9 Å². The molecule has 1 aliphatic rings. The molecule has 0 aliphatic carbocycles. The van der Waals surface area contributed by atoms with Crippen LogP contribution in [0, 0.1) is 6.92 Å². The molecule has 3 rings (SSSR count). The smallest absolute Gasteiger partial charge is 0.345 e. The van der Waals surface area contributed by atoms with Gasteiger partial charge in [0.15, 0.2) is 0 Å². The fourth-order valence-electron chi connectivity index (χ4n) is 3.02. The molecular weight excluding hydrogens is 288 g/mol. The number of unbranched alkanes of at least 4 members (excludes halogenated alkanes) is 2. The van der Waals surface area contributed by atoms with Crippen LogP contribution in [0.5, 0.6) is 5.75 Å². The molecule has 0 radical (unpaired) electrons. The van der Waals surface area contributed by atoms with Crippen LogP contribution in [0.4, 0.5) is 0 Å². The van der Waals surface area contributed by atoms with Crippen LogP contribution in [0.15, 0.2) is 36.4 Å². The van der Waals surface area contributed by atoms with Gasteiger partial charge < -0.3 is 9.47 Å². The van der Waals surface area contributed by atoms with Crippen molar-refractivity contribution >= 4 is 5.97 Å². The highest BCUT2D eigenvalue weighted by molar-refractivity contribution is 5.98. The monoisotopic (exact) mass is 310 g/mol. The molecule has 120 valence electrons. The lowest BCUT2D eigenvalue weighted by molar-refractivity contribution is 0.00492. The molecule has 0 atom stereocenters. The lowest BCUT2D eigenvalue weighted by Gasteiger charge is -2.22. The van der Waals surface area contributed by atoms with Gasteiger partial charge >= 0.3 is 5.97 Å². The predicted molar refractivity (Wildman–Crippen MR) is 90.8 cm³/mol. The molecule has 0 fully saturated rings. The third-order valence-electron chi connectivity index (χ3n) is 4.22. The van der Waals surface area contributed by atoms with Gasteiger partial charge in [0.25, 0.3) is 0 Å². The Balaban J connectivity index is 2.06. The number of carbonyl (C=O) groups excluding carboxylic acids is 1. The zero-order valence-corrected chi connectivity index (χ0v) is 13.7. The van der Waals surface area contributed by atoms with Crippen molar-refractivity contribution < 1.29 is 14.3 Å². The summed E-state index contributed by atoms with van der Waals surface area (Å²) in [5.74, 6) is 0.396. The van der Waals surface area contributed by atoms with Crippen molar-refractivity contribution in [2.24, 2.45) is 0 Å². The minimum Gasteiger partial charge on any atom is -0.456 e. The normalized spacial score (nSPS) is 13.2. The Labute approximate surface area is 137 Å². The summed E-state index contributed by atoms with van der Waals surface area (Å²) < 4.78 is 10.8. The van der Waals surface area contributed by atoms with E-state index in [1.54, 1.807) is 0 Å². The van der Waals surface area contributed by atoms with E-state index in [-0.39, 0.29) is 12.8 Å². The number of benzene rings is 2. The molecule has 1 aliphatic heterocycles. The van der Waals surface area contributed by atoms with Gasteiger partial charge in [0.2, 0.25) is 6.79 Å². The SMILES string of the molecule is CCCCCc1ccc(-c2cccc(C)c2)c2c1C(=O)OCO2. The van der Waals surface area contributed by atoms with Crippen molar-refractivity contribution in [2.45, 2.75) is 39.5 Å². The molecule has 0 unspecified atom stereocenters. The van der Waals surface area contributed by atoms with Crippen LogP contribution in [0.1, 0.15) is 47.7 Å². The number of esters is 1. The third-order valence-corrected chi connectivity index (χ3v) is 4.22. The number of hydrogen-bond donors (Lipinski definition) is 0. The summed E-state index contributed by atoms with van der Waals surface area (Å²) in [6.07, 6.45) is 4.26. The summed E-state index contributed by atoms with van der Waals surface area (Å²) in [4.78, 5) is 12.3. The fourth-order valence-corrected chi connectivity index (χ4v) is 3.02. The summed E-state index contributed by atoms with van der Waals surface area (Å²) in [7, 11) is 0. The Morgan fingerprint density at radius 1 is 1.09 bits per heavy atom. The highest BCUT2D eigenvalue weighted by Gasteiger charge is 2.26. The van der Waals surface area contributed by atoms with Crippen LogP contribution in [-0.2, 0) is 11.2 Å². The quantitative estimate of drug-likeness (QED) is 0.582. The summed E-state index contributed by atoms with van der Waals surface area (Å²) in [6.45, 7) is 4.22. The summed E-state index contributed by atoms with van der Waals surface area (Å²) in [5.41, 5.74) is 4.83. The largest absolute Gasteiger partial charge is 0.456 e. The van der Waals surface area contributed by atoms with Crippen molar-refractivity contribution in [3.05, 3.63) is 53.1 Å². The Bertz CT molecular complexity index is 719. The van der Waals surface area contributed by atoms with Gasteiger partial charge in [-0.2, -0.15) is 0 Å². The molecule has 0 saturated heterocycles. The first-order valence-corrected chi connectivity index (χ1v) is 8.23. The van der Waals surface area contributed by atoms with E-state index in [4.69, 9.17) is 9.47 Å². The molecular formula is C20H22O3. The van der Waals surface area contributed by atoms with E-state index >= 15 is 0 Å². The standard InChI is InChI=1S/C20H22O3/c1-3-4-5-8-15-10-11-17(16-9-6-7-14(2)12-16)19-18(15)20(21)23-13-22-19/h6-7,9-12H,3-5,8,13H2,1-2H3. The lowest BCUT2D eigenvalue weighted by atomic mass is 9.93. The zero-order chi connectivity index (χ0) is 16.2. The molecule has 2 aromatic carbocycles. The maximum Gasteiger partial charge on any atom is 0.345 e. The highest BCUT2D eigenvalue weighted by Crippen LogP contribution is 2.38. The molecule has 0 amide bonds. The van der Waals surface area contributed by atoms with E-state index in [9.17, 15) is 4.79 Å². The number of fused-ring (bicyclic) bond motifs is 1. The molecule has 0 bridgehead atoms. The van der Waals surface area contributed by atoms with Crippen LogP contribution >= 0.6 is 0 Å². The maximum atomic E-state index is 12.3. The Morgan fingerprint density at radius 2 is 1.96 bits per heavy atom. The Hall–Kier alpha value is -2.29. The number of ether oxygens (including phenoxy) is 2. The van der Waals surface area contributed by atoms with Gasteiger partial charge in [-0.05, 0) is 30.9 Å². The van der Waals surface area contributed by atoms with Crippen molar-refractivity contribution in [1.29, 1.82) is 0 Å². The number of rotatable bonds is 5. The number of cyclic esters (lactones) is 1. The first-order valence-electron chi connectivity index (χ1n) is 8.23. The second-order valence-corrected chi connectivity index (χ2v) is 6.00. The van der Waals surface area contributed by atoms with Crippen molar-refractivity contribution in [2.75, 3.05) is 6.79 Å². The van der Waals surface area contributed by atoms with E-state index in [0.717, 1.165) is 42.4 Å². The number of carbonyl (C=O) groups is 1. The van der Waals surface area contributed by atoms with Crippen molar-refractivity contribution in [3.63, 3.8) is 0 Å². The van der Waals surface area contributed by atoms with Gasteiger partial charge in [-0.25, -0.2) is 4.79 Å². The average molecular weight is 310 g/mol. The second kappa shape index (κ2) is 6.86. The fraction of sp³-hybridized carbons (Fsp3) is 0.350. The van der Waals surface area contributed by atoms with Gasteiger partial charge in [-0.3, -0.25) is 0 Å². The van der Waals surface area contributed by atoms with Crippen LogP contribution in [0.3, 0.4) is 0 Å². The van der Waals surface area contributed by atoms with Crippen LogP contribution in [0.25, 0.3) is 11.1 Å². The zero-order valence-electron chi connectivity index (χ0n) is 13.7. The van der Waals surface area contributed by atoms with E-state index in [1.807, 2.05) is 18.2 Å². The maximum absolute atomic E-state index is 12.3. The first-order chi connectivity index (χ1) is 11.2. The van der Waals surface area contributed by atoms with Gasteiger partial charge in [0.05, 0.1) is 0 Å². The second-order valence-electron chi connectivity index (χ2n) is 6.00. The Kier molecular flexibility index (Phi) is 4.65. The minimum absolute atomic E-state index is 0.0109. The molecule has 0 saturated carbocycles. The average Bonchev–Trinajstić information content (AvgIpc) is 2.55. The molecule has 3 nitrogen and oxygen atoms in total. The van der Waals surface area contributed by atoms with Gasteiger partial charge in [-0.1, -0.05) is 61.7 Å². The Morgan fingerprint density at radius 3 is 2.74 bits per heavy atom. The van der Waals surface area contributed by atoms with Crippen LogP contribution in [-0.4, -0.2) is 12.8 Å². The molecule has 3 heteroatoms. The van der Waals surface area contributed by atoms with E-state index < -0.39 is 0 Å². The first kappa shape index (κ1) is 15.6. The van der Waals surface area contributed by atoms with Gasteiger partial charge in [-0.15, -0.1) is 0 Å². The molecule has 0 spiro atoms. The molecule has 23 heavy (non-hydrogen) atoms. The van der Waals surface area contributed by atoms with Gasteiger partial charge in [0, 0.05) is 5.56 Å². The summed E-state index contributed by atoms with van der Waals surface area (Å²) >= 11 is 0. The number of hydrogen-bond acceptors (Lipinski definition) is 3. The molecule has 2 aromatic rings. The minimum atomic E-state index is -0.271.